The highest BCUT2D eigenvalue weighted by Crippen LogP contribution is 2.28. The molecule has 130 valence electrons. The second kappa shape index (κ2) is 6.54. The van der Waals surface area contributed by atoms with Crippen LogP contribution in [0.15, 0.2) is 62.6 Å². The molecule has 0 aliphatic carbocycles. The highest BCUT2D eigenvalue weighted by Gasteiger charge is 2.18. The van der Waals surface area contributed by atoms with Gasteiger partial charge >= 0.3 is 15.7 Å². The Morgan fingerprint density at radius 2 is 1.72 bits per heavy atom. The second-order valence-corrected chi connectivity index (χ2v) is 7.81. The van der Waals surface area contributed by atoms with Crippen molar-refractivity contribution in [1.29, 1.82) is 0 Å². The average molecular weight is 379 g/mol. The Labute approximate surface area is 149 Å². The molecule has 0 fully saturated rings. The van der Waals surface area contributed by atoms with Crippen LogP contribution in [0.3, 0.4) is 0 Å². The van der Waals surface area contributed by atoms with Gasteiger partial charge in [-0.2, -0.15) is 8.42 Å². The first-order chi connectivity index (χ1) is 11.8. The van der Waals surface area contributed by atoms with Gasteiger partial charge in [-0.3, -0.25) is 0 Å². The van der Waals surface area contributed by atoms with Crippen LogP contribution in [-0.4, -0.2) is 8.42 Å². The maximum atomic E-state index is 12.3. The van der Waals surface area contributed by atoms with Crippen LogP contribution >= 0.6 is 11.6 Å². The smallest absolute Gasteiger partial charge is 0.339 e. The van der Waals surface area contributed by atoms with Gasteiger partial charge in [0.25, 0.3) is 0 Å². The highest BCUT2D eigenvalue weighted by molar-refractivity contribution is 7.87. The molecule has 1 aromatic heterocycles. The summed E-state index contributed by atoms with van der Waals surface area (Å²) in [6, 6.07) is 11.7. The molecule has 3 rings (SSSR count). The number of rotatable bonds is 4. The van der Waals surface area contributed by atoms with Gasteiger partial charge in [0, 0.05) is 22.5 Å². The van der Waals surface area contributed by atoms with Crippen LogP contribution in [0.2, 0.25) is 5.02 Å². The zero-order valence-electron chi connectivity index (χ0n) is 13.5. The van der Waals surface area contributed by atoms with E-state index in [0.717, 1.165) is 10.9 Å². The molecule has 5 nitrogen and oxygen atoms in total. The average Bonchev–Trinajstić information content (AvgIpc) is 2.53. The lowest BCUT2D eigenvalue weighted by molar-refractivity contribution is 0.485. The lowest BCUT2D eigenvalue weighted by Gasteiger charge is -2.10. The number of fused-ring (bicyclic) bond motifs is 1. The molecule has 0 amide bonds. The number of benzene rings is 2. The van der Waals surface area contributed by atoms with E-state index >= 15 is 0 Å². The summed E-state index contributed by atoms with van der Waals surface area (Å²) in [7, 11) is -4.01. The molecule has 0 N–H and O–H groups in total. The Bertz CT molecular complexity index is 1080. The topological polar surface area (TPSA) is 73.6 Å². The third kappa shape index (κ3) is 3.70. The summed E-state index contributed by atoms with van der Waals surface area (Å²) >= 11 is 5.76. The highest BCUT2D eigenvalue weighted by atomic mass is 35.5. The summed E-state index contributed by atoms with van der Waals surface area (Å²) in [5.74, 6) is 0.183. The predicted molar refractivity (Wildman–Crippen MR) is 95.8 cm³/mol. The summed E-state index contributed by atoms with van der Waals surface area (Å²) in [6.07, 6.45) is 0. The molecular formula is C18H15ClO5S. The molecule has 1 heterocycles. The number of halogens is 1. The number of hydrogen-bond donors (Lipinski definition) is 0. The fourth-order valence-corrected chi connectivity index (χ4v) is 3.52. The first-order valence-electron chi connectivity index (χ1n) is 7.54. The van der Waals surface area contributed by atoms with Gasteiger partial charge in [-0.15, -0.1) is 0 Å². The molecule has 0 spiro atoms. The fourth-order valence-electron chi connectivity index (χ4n) is 2.47. The van der Waals surface area contributed by atoms with Crippen LogP contribution in [0.5, 0.6) is 5.75 Å². The summed E-state index contributed by atoms with van der Waals surface area (Å²) in [5.41, 5.74) is 0.618. The zero-order valence-corrected chi connectivity index (χ0v) is 15.1. The largest absolute Gasteiger partial charge is 0.423 e. The molecule has 0 saturated carbocycles. The van der Waals surface area contributed by atoms with Gasteiger partial charge in [-0.1, -0.05) is 25.4 Å². The van der Waals surface area contributed by atoms with Crippen molar-refractivity contribution in [3.8, 4) is 5.75 Å². The Balaban J connectivity index is 2.02. The standard InChI is InChI=1S/C18H15ClO5S/c1-11(2)16-10-18(20)23-17-9-13(5-8-15(16)17)24-25(21,22)14-6-3-12(19)4-7-14/h3-11H,1-2H3. The molecule has 0 bridgehead atoms. The van der Waals surface area contributed by atoms with Crippen LogP contribution in [0.25, 0.3) is 11.0 Å². The van der Waals surface area contributed by atoms with Crippen LogP contribution in [0.1, 0.15) is 25.3 Å². The summed E-state index contributed by atoms with van der Waals surface area (Å²) in [4.78, 5) is 11.7. The van der Waals surface area contributed by atoms with Gasteiger partial charge in [-0.05, 0) is 47.9 Å². The summed E-state index contributed by atoms with van der Waals surface area (Å²) < 4.78 is 35.0. The molecular weight excluding hydrogens is 364 g/mol. The van der Waals surface area contributed by atoms with Gasteiger partial charge < -0.3 is 8.60 Å². The van der Waals surface area contributed by atoms with E-state index in [9.17, 15) is 13.2 Å². The Hall–Kier alpha value is -2.31. The minimum atomic E-state index is -4.01. The van der Waals surface area contributed by atoms with Crippen molar-refractivity contribution in [1.82, 2.24) is 0 Å². The fraction of sp³-hybridized carbons (Fsp3) is 0.167. The SMILES string of the molecule is CC(C)c1cc(=O)oc2cc(OS(=O)(=O)c3ccc(Cl)cc3)ccc12. The molecule has 7 heteroatoms. The van der Waals surface area contributed by atoms with Gasteiger partial charge in [0.2, 0.25) is 0 Å². The quantitative estimate of drug-likeness (QED) is 0.498. The van der Waals surface area contributed by atoms with Crippen molar-refractivity contribution in [2.75, 3.05) is 0 Å². The maximum absolute atomic E-state index is 12.3. The molecule has 0 unspecified atom stereocenters. The van der Waals surface area contributed by atoms with Crippen LogP contribution in [0.4, 0.5) is 0 Å². The van der Waals surface area contributed by atoms with E-state index in [0.29, 0.717) is 5.02 Å². The van der Waals surface area contributed by atoms with Crippen LogP contribution < -0.4 is 9.81 Å². The van der Waals surface area contributed by atoms with E-state index < -0.39 is 15.7 Å². The van der Waals surface area contributed by atoms with Crippen molar-refractivity contribution in [2.24, 2.45) is 0 Å². The van der Waals surface area contributed by atoms with E-state index in [1.165, 1.54) is 42.5 Å². The van der Waals surface area contributed by atoms with E-state index in [4.69, 9.17) is 20.2 Å². The zero-order chi connectivity index (χ0) is 18.2. The summed E-state index contributed by atoms with van der Waals surface area (Å²) in [6.45, 7) is 3.92. The van der Waals surface area contributed by atoms with Crippen molar-refractivity contribution >= 4 is 32.7 Å². The molecule has 0 atom stereocenters. The van der Waals surface area contributed by atoms with Crippen LogP contribution in [-0.2, 0) is 10.1 Å². The van der Waals surface area contributed by atoms with Gasteiger partial charge in [0.1, 0.15) is 16.2 Å². The first-order valence-corrected chi connectivity index (χ1v) is 9.33. The first kappa shape index (κ1) is 17.5. The monoisotopic (exact) mass is 378 g/mol. The lowest BCUT2D eigenvalue weighted by atomic mass is 10.00. The third-order valence-electron chi connectivity index (χ3n) is 3.68. The molecule has 2 aromatic carbocycles. The lowest BCUT2D eigenvalue weighted by Crippen LogP contribution is -2.09. The van der Waals surface area contributed by atoms with E-state index in [1.54, 1.807) is 6.07 Å². The van der Waals surface area contributed by atoms with Crippen LogP contribution in [0, 0.1) is 0 Å². The minimum Gasteiger partial charge on any atom is -0.423 e. The Morgan fingerprint density at radius 3 is 2.36 bits per heavy atom. The van der Waals surface area contributed by atoms with Gasteiger partial charge in [0.05, 0.1) is 0 Å². The van der Waals surface area contributed by atoms with Gasteiger partial charge in [-0.25, -0.2) is 4.79 Å². The molecule has 0 radical (unpaired) electrons. The molecule has 25 heavy (non-hydrogen) atoms. The van der Waals surface area contributed by atoms with Crippen molar-refractivity contribution in [2.45, 2.75) is 24.7 Å². The van der Waals surface area contributed by atoms with E-state index in [-0.39, 0.29) is 22.1 Å². The maximum Gasteiger partial charge on any atom is 0.339 e. The van der Waals surface area contributed by atoms with E-state index in [1.807, 2.05) is 13.8 Å². The Morgan fingerprint density at radius 1 is 1.04 bits per heavy atom. The normalized spacial score (nSPS) is 11.8. The van der Waals surface area contributed by atoms with Crippen molar-refractivity contribution in [3.63, 3.8) is 0 Å². The molecule has 3 aromatic rings. The minimum absolute atomic E-state index is 0.0191. The van der Waals surface area contributed by atoms with E-state index in [2.05, 4.69) is 0 Å². The summed E-state index contributed by atoms with van der Waals surface area (Å²) in [5, 5.41) is 1.17. The predicted octanol–water partition coefficient (Wildman–Crippen LogP) is 4.34. The third-order valence-corrected chi connectivity index (χ3v) is 5.19. The molecule has 0 saturated heterocycles. The van der Waals surface area contributed by atoms with Crippen molar-refractivity contribution < 1.29 is 17.0 Å². The molecule has 0 aliphatic rings. The Kier molecular flexibility index (Phi) is 4.58. The molecule has 0 aliphatic heterocycles. The van der Waals surface area contributed by atoms with Gasteiger partial charge in [0.15, 0.2) is 0 Å². The number of hydrogen-bond acceptors (Lipinski definition) is 5. The second-order valence-electron chi connectivity index (χ2n) is 5.82. The van der Waals surface area contributed by atoms with Crippen molar-refractivity contribution in [3.05, 3.63) is 69.5 Å².